The van der Waals surface area contributed by atoms with E-state index in [1.165, 1.54) is 41.3 Å². The van der Waals surface area contributed by atoms with Crippen LogP contribution in [0.4, 0.5) is 17.1 Å². The van der Waals surface area contributed by atoms with Gasteiger partial charge in [-0.2, -0.15) is 0 Å². The van der Waals surface area contributed by atoms with E-state index in [9.17, 15) is 23.3 Å². The van der Waals surface area contributed by atoms with E-state index in [1.807, 2.05) is 4.90 Å². The van der Waals surface area contributed by atoms with Gasteiger partial charge in [0.25, 0.3) is 5.69 Å². The number of carbonyl (C=O) groups excluding carboxylic acids is 1. The summed E-state index contributed by atoms with van der Waals surface area (Å²) < 4.78 is 22.9. The number of primary sulfonamides is 1. The second kappa shape index (κ2) is 6.97. The summed E-state index contributed by atoms with van der Waals surface area (Å²) in [6, 6.07) is 10.4. The Morgan fingerprint density at radius 3 is 2.52 bits per heavy atom. The van der Waals surface area contributed by atoms with E-state index >= 15 is 0 Å². The molecule has 0 fully saturated rings. The summed E-state index contributed by atoms with van der Waals surface area (Å²) in [4.78, 5) is 26.2. The van der Waals surface area contributed by atoms with E-state index in [0.717, 1.165) is 11.3 Å². The van der Waals surface area contributed by atoms with Gasteiger partial charge in [0.1, 0.15) is 0 Å². The maximum absolute atomic E-state index is 12.6. The van der Waals surface area contributed by atoms with E-state index in [-0.39, 0.29) is 23.0 Å². The molecule has 3 rings (SSSR count). The number of rotatable bonds is 5. The SMILES string of the molecule is CN(C(=O)CN1CCc2cc(S(N)(=O)=O)ccc21)c1ccc([N+](=O)[O-])cc1. The topological polar surface area (TPSA) is 127 Å². The number of nitrogens with two attached hydrogens (primary N) is 1. The van der Waals surface area contributed by atoms with Crippen LogP contribution in [0, 0.1) is 10.1 Å². The Labute approximate surface area is 156 Å². The average molecular weight is 390 g/mol. The molecular weight excluding hydrogens is 372 g/mol. The van der Waals surface area contributed by atoms with Crippen LogP contribution in [0.1, 0.15) is 5.56 Å². The molecule has 0 spiro atoms. The predicted molar refractivity (Wildman–Crippen MR) is 100 cm³/mol. The number of sulfonamides is 1. The Morgan fingerprint density at radius 1 is 1.26 bits per heavy atom. The van der Waals surface area contributed by atoms with Gasteiger partial charge in [-0.3, -0.25) is 14.9 Å². The van der Waals surface area contributed by atoms with Gasteiger partial charge in [-0.1, -0.05) is 0 Å². The number of anilines is 2. The van der Waals surface area contributed by atoms with Gasteiger partial charge in [0.2, 0.25) is 15.9 Å². The maximum Gasteiger partial charge on any atom is 0.269 e. The van der Waals surface area contributed by atoms with Crippen LogP contribution in [-0.4, -0.2) is 39.4 Å². The third-order valence-corrected chi connectivity index (χ3v) is 5.43. The standard InChI is InChI=1S/C17H18N4O5S/c1-19(13-2-4-14(5-3-13)21(23)24)17(22)11-20-9-8-12-10-15(27(18,25)26)6-7-16(12)20/h2-7,10H,8-9,11H2,1H3,(H2,18,25,26). The van der Waals surface area contributed by atoms with Crippen molar-refractivity contribution in [3.8, 4) is 0 Å². The summed E-state index contributed by atoms with van der Waals surface area (Å²) >= 11 is 0. The highest BCUT2D eigenvalue weighted by atomic mass is 32.2. The van der Waals surface area contributed by atoms with Crippen LogP contribution in [0.15, 0.2) is 47.4 Å². The van der Waals surface area contributed by atoms with Crippen molar-refractivity contribution in [1.82, 2.24) is 0 Å². The molecule has 142 valence electrons. The second-order valence-corrected chi connectivity index (χ2v) is 7.79. The number of nitro groups is 1. The molecule has 2 aromatic carbocycles. The van der Waals surface area contributed by atoms with Gasteiger partial charge in [0, 0.05) is 37.1 Å². The maximum atomic E-state index is 12.6. The van der Waals surface area contributed by atoms with Crippen molar-refractivity contribution in [3.63, 3.8) is 0 Å². The van der Waals surface area contributed by atoms with Crippen LogP contribution >= 0.6 is 0 Å². The van der Waals surface area contributed by atoms with E-state index in [0.29, 0.717) is 18.7 Å². The molecule has 0 aliphatic carbocycles. The van der Waals surface area contributed by atoms with Gasteiger partial charge in [-0.25, -0.2) is 13.6 Å². The minimum atomic E-state index is -3.77. The molecule has 0 saturated heterocycles. The Bertz CT molecular complexity index is 1000. The number of likely N-dealkylation sites (N-methyl/N-ethyl adjacent to an activating group) is 1. The number of hydrogen-bond acceptors (Lipinski definition) is 6. The van der Waals surface area contributed by atoms with Gasteiger partial charge in [-0.15, -0.1) is 0 Å². The lowest BCUT2D eigenvalue weighted by Gasteiger charge is -2.23. The number of fused-ring (bicyclic) bond motifs is 1. The molecule has 0 radical (unpaired) electrons. The van der Waals surface area contributed by atoms with Gasteiger partial charge in [0.15, 0.2) is 0 Å². The van der Waals surface area contributed by atoms with Crippen LogP contribution in [-0.2, 0) is 21.2 Å². The summed E-state index contributed by atoms with van der Waals surface area (Å²) in [5.74, 6) is -0.188. The van der Waals surface area contributed by atoms with Gasteiger partial charge in [-0.05, 0) is 42.3 Å². The van der Waals surface area contributed by atoms with E-state index in [2.05, 4.69) is 0 Å². The minimum Gasteiger partial charge on any atom is -0.362 e. The van der Waals surface area contributed by atoms with Crippen molar-refractivity contribution >= 4 is 33.0 Å². The number of carbonyl (C=O) groups is 1. The smallest absolute Gasteiger partial charge is 0.269 e. The number of benzene rings is 2. The normalized spacial score (nSPS) is 13.3. The molecule has 0 saturated carbocycles. The number of amides is 1. The first kappa shape index (κ1) is 18.8. The lowest BCUT2D eigenvalue weighted by molar-refractivity contribution is -0.384. The van der Waals surface area contributed by atoms with Crippen LogP contribution < -0.4 is 14.9 Å². The molecular formula is C17H18N4O5S. The number of nitrogens with zero attached hydrogens (tertiary/aromatic N) is 3. The van der Waals surface area contributed by atoms with Gasteiger partial charge in [0.05, 0.1) is 16.4 Å². The fraction of sp³-hybridized carbons (Fsp3) is 0.235. The van der Waals surface area contributed by atoms with Crippen molar-refractivity contribution in [2.24, 2.45) is 5.14 Å². The molecule has 2 aromatic rings. The summed E-state index contributed by atoms with van der Waals surface area (Å²) in [5.41, 5.74) is 2.13. The summed E-state index contributed by atoms with van der Waals surface area (Å²) in [7, 11) is -2.16. The molecule has 2 N–H and O–H groups in total. The first-order valence-electron chi connectivity index (χ1n) is 8.08. The Morgan fingerprint density at radius 2 is 1.93 bits per heavy atom. The Kier molecular flexibility index (Phi) is 4.85. The van der Waals surface area contributed by atoms with E-state index in [4.69, 9.17) is 5.14 Å². The summed E-state index contributed by atoms with van der Waals surface area (Å²) in [6.07, 6.45) is 0.618. The van der Waals surface area contributed by atoms with Gasteiger partial charge < -0.3 is 9.80 Å². The van der Waals surface area contributed by atoms with Crippen molar-refractivity contribution in [2.45, 2.75) is 11.3 Å². The highest BCUT2D eigenvalue weighted by Crippen LogP contribution is 2.30. The Hall–Kier alpha value is -2.98. The van der Waals surface area contributed by atoms with Crippen molar-refractivity contribution in [2.75, 3.05) is 29.9 Å². The minimum absolute atomic E-state index is 0.0428. The molecule has 0 atom stereocenters. The lowest BCUT2D eigenvalue weighted by atomic mass is 10.2. The number of non-ortho nitro benzene ring substituents is 1. The first-order chi connectivity index (χ1) is 12.7. The zero-order valence-electron chi connectivity index (χ0n) is 14.5. The van der Waals surface area contributed by atoms with Crippen LogP contribution in [0.25, 0.3) is 0 Å². The van der Waals surface area contributed by atoms with E-state index in [1.54, 1.807) is 13.1 Å². The summed E-state index contributed by atoms with van der Waals surface area (Å²) in [5, 5.41) is 15.9. The molecule has 10 heteroatoms. The highest BCUT2D eigenvalue weighted by Gasteiger charge is 2.24. The van der Waals surface area contributed by atoms with Gasteiger partial charge >= 0.3 is 0 Å². The quantitative estimate of drug-likeness (QED) is 0.605. The van der Waals surface area contributed by atoms with Crippen molar-refractivity contribution in [3.05, 3.63) is 58.1 Å². The first-order valence-corrected chi connectivity index (χ1v) is 9.63. The largest absolute Gasteiger partial charge is 0.362 e. The average Bonchev–Trinajstić information content (AvgIpc) is 3.02. The van der Waals surface area contributed by atoms with Crippen molar-refractivity contribution in [1.29, 1.82) is 0 Å². The predicted octanol–water partition coefficient (Wildman–Crippen LogP) is 1.27. The fourth-order valence-electron chi connectivity index (χ4n) is 3.00. The second-order valence-electron chi connectivity index (χ2n) is 6.23. The highest BCUT2D eigenvalue weighted by molar-refractivity contribution is 7.89. The fourth-order valence-corrected chi connectivity index (χ4v) is 3.56. The molecule has 1 heterocycles. The third-order valence-electron chi connectivity index (χ3n) is 4.52. The molecule has 0 unspecified atom stereocenters. The third kappa shape index (κ3) is 3.91. The molecule has 1 aliphatic heterocycles. The van der Waals surface area contributed by atoms with E-state index < -0.39 is 14.9 Å². The van der Waals surface area contributed by atoms with Crippen LogP contribution in [0.2, 0.25) is 0 Å². The summed E-state index contributed by atoms with van der Waals surface area (Å²) in [6.45, 7) is 0.693. The Balaban J connectivity index is 1.73. The zero-order chi connectivity index (χ0) is 19.8. The monoisotopic (exact) mass is 390 g/mol. The molecule has 0 bridgehead atoms. The molecule has 1 amide bonds. The van der Waals surface area contributed by atoms with Crippen LogP contribution in [0.3, 0.4) is 0 Å². The number of hydrogen-bond donors (Lipinski definition) is 1. The molecule has 9 nitrogen and oxygen atoms in total. The number of nitro benzene ring substituents is 1. The van der Waals surface area contributed by atoms with Crippen molar-refractivity contribution < 1.29 is 18.1 Å². The molecule has 27 heavy (non-hydrogen) atoms. The van der Waals surface area contributed by atoms with Crippen LogP contribution in [0.5, 0.6) is 0 Å². The zero-order valence-corrected chi connectivity index (χ0v) is 15.3. The molecule has 0 aromatic heterocycles. The molecule has 1 aliphatic rings. The lowest BCUT2D eigenvalue weighted by Crippen LogP contribution is -2.37.